The number of halogens is 4. The van der Waals surface area contributed by atoms with Gasteiger partial charge in [-0.05, 0) is 258 Å². The summed E-state index contributed by atoms with van der Waals surface area (Å²) in [5, 5.41) is 7.12. The Hall–Kier alpha value is -0.305. The zero-order valence-corrected chi connectivity index (χ0v) is 85.2. The summed E-state index contributed by atoms with van der Waals surface area (Å²) >= 11 is 32.8. The van der Waals surface area contributed by atoms with Crippen molar-refractivity contribution >= 4 is 175 Å². The third kappa shape index (κ3) is 53.4. The van der Waals surface area contributed by atoms with Crippen LogP contribution in [0.4, 0.5) is 0 Å². The van der Waals surface area contributed by atoms with Gasteiger partial charge in [-0.25, -0.2) is 0 Å². The molecule has 1 saturated heterocycles. The Morgan fingerprint density at radius 3 is 0.788 bits per heavy atom. The van der Waals surface area contributed by atoms with Gasteiger partial charge in [-0.15, -0.1) is 90.7 Å². The first-order valence-corrected chi connectivity index (χ1v) is 55.7. The molecule has 0 aromatic carbocycles. The van der Waals surface area contributed by atoms with Crippen molar-refractivity contribution in [1.29, 1.82) is 0 Å². The maximum atomic E-state index is 4.94. The molecule has 0 atom stereocenters. The van der Waals surface area contributed by atoms with E-state index in [0.717, 1.165) is 13.2 Å². The molecule has 0 unspecified atom stereocenters. The first kappa shape index (κ1) is 105. The summed E-state index contributed by atoms with van der Waals surface area (Å²) < 4.78 is 12.6. The third-order valence-electron chi connectivity index (χ3n) is 21.2. The molecular weight excluding hydrogens is 1810 g/mol. The van der Waals surface area contributed by atoms with E-state index < -0.39 is 0 Å². The van der Waals surface area contributed by atoms with Crippen LogP contribution in [0.15, 0.2) is 102 Å². The van der Waals surface area contributed by atoms with Crippen molar-refractivity contribution in [3.05, 3.63) is 131 Å². The SMILES string of the molecule is Brc1ccc(Br)s1.C1CCOC1.CCCCCCCCCCCCc1cc(-c2ccc(-c3cc(CCCCCCCCCCCC)c(Br)s3)s2)sc1Br.CCCCCCCCCCCCc1csc(-c2ccc(-c3cc(CCCCCCCCCCCC)cs3)s2)c1.CCCCCCCCCCCCc1csc(C)c1.[B]=NS. The number of rotatable bonds is 59. The third-order valence-corrected chi connectivity index (χ3v) is 33.1. The number of hydrogen-bond donors (Lipinski definition) is 1. The molecule has 0 N–H and O–H groups in total. The minimum atomic E-state index is 1.00. The fraction of sp³-hybridized carbons (Fsp3) is 0.670. The first-order chi connectivity index (χ1) is 55.4. The quantitative estimate of drug-likeness (QED) is 0.0229. The molecule has 113 heavy (non-hydrogen) atoms. The van der Waals surface area contributed by atoms with Gasteiger partial charge in [0, 0.05) is 57.1 Å². The molecule has 0 aliphatic carbocycles. The van der Waals surface area contributed by atoms with Crippen LogP contribution >= 0.6 is 167 Å². The number of ether oxygens (including phenoxy) is 1. The van der Waals surface area contributed by atoms with Crippen LogP contribution in [0.2, 0.25) is 0 Å². The molecule has 9 heterocycles. The van der Waals surface area contributed by atoms with Gasteiger partial charge in [0.05, 0.1) is 15.1 Å². The number of unbranched alkanes of at least 4 members (excludes halogenated alkanes) is 45. The molecule has 2 nitrogen and oxygen atoms in total. The summed E-state index contributed by atoms with van der Waals surface area (Å²) in [5.41, 5.74) is 7.63. The Kier molecular flexibility index (Phi) is 68.1. The van der Waals surface area contributed by atoms with E-state index in [4.69, 9.17) is 4.74 Å². The normalized spacial score (nSPS) is 11.7. The molecule has 1 aliphatic heterocycles. The Bertz CT molecular complexity index is 3250. The molecule has 8 aromatic rings. The predicted molar refractivity (Wildman–Crippen MR) is 541 cm³/mol. The topological polar surface area (TPSA) is 21.6 Å². The minimum absolute atomic E-state index is 1.00. The zero-order valence-electron chi connectivity index (χ0n) is 71.5. The number of thiophene rings is 8. The molecule has 8 aromatic heterocycles. The van der Waals surface area contributed by atoms with Crippen molar-refractivity contribution in [1.82, 2.24) is 0 Å². The van der Waals surface area contributed by atoms with Crippen LogP contribution in [-0.2, 0) is 36.8 Å². The van der Waals surface area contributed by atoms with Crippen molar-refractivity contribution < 1.29 is 4.74 Å². The molecule has 0 amide bonds. The standard InChI is InChI=1S/C36H54Br2S3.C36H56S3.C17H30S.C4H2Br2S.C4H8O.BHNS/c1-3-5-7-9-11-13-15-17-19-21-23-29-27-33(40-35(29)37)31-25-26-32(39-31)34-28-30(36(38)41-34)24-22-20-18-16-14-12-10-8-6-4-2;1-3-5-7-9-11-13-15-17-19-21-23-31-27-35(37-29-31)33-25-26-34(39-33)36-28-32(30-38-36)24-22-20-18-16-14-12-10-8-6-4-2;1-3-4-5-6-7-8-9-10-11-12-13-17-14-16(2)18-15-17;5-3-1-2-4(6)7-3;1-2-4-5-3-1;1-2-3/h25-28H,3-24H2,1-2H3;25-30H,3-24H2,1-2H3;14-15H,3-13H2,1-2H3;1-2H;1-4H2;3H. The van der Waals surface area contributed by atoms with Gasteiger partial charge in [0.25, 0.3) is 0 Å². The molecular formula is C97H151BBr4NOS9. The van der Waals surface area contributed by atoms with Crippen LogP contribution in [0.5, 0.6) is 0 Å². The number of nitrogens with zero attached hydrogens (tertiary/aromatic N) is 1. The zero-order chi connectivity index (χ0) is 81.1. The summed E-state index contributed by atoms with van der Waals surface area (Å²) in [6.45, 7) is 15.7. The maximum absolute atomic E-state index is 4.94. The second kappa shape index (κ2) is 73.2. The van der Waals surface area contributed by atoms with Gasteiger partial charge in [-0.2, -0.15) is 0 Å². The van der Waals surface area contributed by atoms with Gasteiger partial charge in [-0.3, -0.25) is 0 Å². The Morgan fingerprint density at radius 1 is 0.301 bits per heavy atom. The van der Waals surface area contributed by atoms with E-state index in [9.17, 15) is 0 Å². The molecule has 0 bridgehead atoms. The summed E-state index contributed by atoms with van der Waals surface area (Å²) in [5.74, 6) is 0. The van der Waals surface area contributed by atoms with Crippen LogP contribution in [0, 0.1) is 6.92 Å². The number of aryl methyl sites for hydroxylation is 6. The fourth-order valence-electron chi connectivity index (χ4n) is 14.4. The molecule has 635 valence electrons. The molecule has 1 fully saturated rings. The molecule has 1 aliphatic rings. The van der Waals surface area contributed by atoms with E-state index in [1.54, 1.807) is 28.0 Å². The van der Waals surface area contributed by atoms with E-state index in [1.807, 2.05) is 91.5 Å². The van der Waals surface area contributed by atoms with Crippen LogP contribution in [-0.4, -0.2) is 20.9 Å². The fourth-order valence-corrected chi connectivity index (χ4v) is 25.3. The van der Waals surface area contributed by atoms with Crippen LogP contribution < -0.4 is 0 Å². The van der Waals surface area contributed by atoms with Crippen molar-refractivity contribution in [3.8, 4) is 39.0 Å². The van der Waals surface area contributed by atoms with Gasteiger partial charge in [-0.1, -0.05) is 324 Å². The molecule has 0 spiro atoms. The monoisotopic (exact) mass is 1960 g/mol. The molecule has 1 radical (unpaired) electrons. The van der Waals surface area contributed by atoms with E-state index in [0.29, 0.717) is 0 Å². The van der Waals surface area contributed by atoms with Gasteiger partial charge in [0.2, 0.25) is 0 Å². The van der Waals surface area contributed by atoms with Crippen molar-refractivity contribution in [2.24, 2.45) is 4.30 Å². The average molecular weight is 1970 g/mol. The number of hydrogen-bond acceptors (Lipinski definition) is 11. The average Bonchev–Trinajstić information content (AvgIpc) is 1.68. The Balaban J connectivity index is 0.000000341. The Morgan fingerprint density at radius 2 is 0.549 bits per heavy atom. The summed E-state index contributed by atoms with van der Waals surface area (Å²) in [6, 6.07) is 25.5. The van der Waals surface area contributed by atoms with E-state index >= 15 is 0 Å². The van der Waals surface area contributed by atoms with Crippen LogP contribution in [0.25, 0.3) is 39.0 Å². The summed E-state index contributed by atoms with van der Waals surface area (Å²) in [6.07, 6.45) is 79.3. The van der Waals surface area contributed by atoms with Crippen LogP contribution in [0.3, 0.4) is 0 Å². The van der Waals surface area contributed by atoms with Gasteiger partial charge < -0.3 is 4.74 Å². The van der Waals surface area contributed by atoms with E-state index in [1.165, 1.54) is 436 Å². The molecule has 0 saturated carbocycles. The van der Waals surface area contributed by atoms with E-state index in [-0.39, 0.29) is 0 Å². The summed E-state index contributed by atoms with van der Waals surface area (Å²) in [7, 11) is 4.34. The summed E-state index contributed by atoms with van der Waals surface area (Å²) in [4.78, 5) is 12.9. The van der Waals surface area contributed by atoms with Crippen LogP contribution in [0.1, 0.15) is 401 Å². The molecule has 9 rings (SSSR count). The number of thiol groups is 1. The van der Waals surface area contributed by atoms with Gasteiger partial charge >= 0.3 is 24.8 Å². The second-order valence-electron chi connectivity index (χ2n) is 31.5. The van der Waals surface area contributed by atoms with Crippen molar-refractivity contribution in [2.75, 3.05) is 13.2 Å². The van der Waals surface area contributed by atoms with Gasteiger partial charge in [0.15, 0.2) is 0 Å². The predicted octanol–water partition coefficient (Wildman–Crippen LogP) is 40.6. The van der Waals surface area contributed by atoms with E-state index in [2.05, 4.69) is 201 Å². The van der Waals surface area contributed by atoms with Crippen molar-refractivity contribution in [2.45, 2.75) is 408 Å². The van der Waals surface area contributed by atoms with Crippen molar-refractivity contribution in [3.63, 3.8) is 0 Å². The Labute approximate surface area is 766 Å². The molecule has 16 heteroatoms. The first-order valence-electron chi connectivity index (χ1n) is 45.4. The van der Waals surface area contributed by atoms with Gasteiger partial charge in [0.1, 0.15) is 0 Å². The second-order valence-corrected chi connectivity index (χ2v) is 45.4.